The molecule has 62 valence electrons. The van der Waals surface area contributed by atoms with Gasteiger partial charge in [0.25, 0.3) is 0 Å². The molecular formula is C6H13KO3S. The van der Waals surface area contributed by atoms with Crippen LogP contribution in [0.1, 0.15) is 32.6 Å². The summed E-state index contributed by atoms with van der Waals surface area (Å²) in [6, 6.07) is 0. The Hall–Kier alpha value is 1.71. The largest absolute Gasteiger partial charge is 1.00 e. The molecule has 0 saturated heterocycles. The monoisotopic (exact) mass is 204 g/mol. The number of hydrogen-bond acceptors (Lipinski definition) is 3. The molecule has 0 aliphatic rings. The van der Waals surface area contributed by atoms with Crippen molar-refractivity contribution in [1.29, 1.82) is 0 Å². The summed E-state index contributed by atoms with van der Waals surface area (Å²) in [5, 5.41) is 0. The van der Waals surface area contributed by atoms with Crippen molar-refractivity contribution < 1.29 is 64.3 Å². The summed E-state index contributed by atoms with van der Waals surface area (Å²) < 4.78 is 23.9. The molecule has 11 heavy (non-hydrogen) atoms. The van der Waals surface area contributed by atoms with Gasteiger partial charge in [-0.15, -0.1) is 0 Å². The van der Waals surface area contributed by atoms with Crippen molar-refractivity contribution >= 4 is 11.4 Å². The van der Waals surface area contributed by atoms with Crippen LogP contribution in [0.2, 0.25) is 0 Å². The van der Waals surface area contributed by atoms with E-state index in [4.69, 9.17) is 0 Å². The van der Waals surface area contributed by atoms with Crippen LogP contribution in [0.25, 0.3) is 0 Å². The smallest absolute Gasteiger partial charge is 0.750 e. The van der Waals surface area contributed by atoms with Crippen molar-refractivity contribution in [2.45, 2.75) is 32.6 Å². The molecule has 0 bridgehead atoms. The second-order valence-corrected chi connectivity index (χ2v) is 2.73. The molecule has 0 aromatic carbocycles. The molecule has 5 heteroatoms. The first kappa shape index (κ1) is 15.2. The van der Waals surface area contributed by atoms with E-state index >= 15 is 0 Å². The van der Waals surface area contributed by atoms with Gasteiger partial charge < -0.3 is 8.74 Å². The maximum atomic E-state index is 9.81. The Labute approximate surface area is 113 Å². The standard InChI is InChI=1S/C6H14O3S.K/c1-2-3-4-5-6-9-10(7)8;/h2-6H2,1H3,(H,7,8);/q;+1/p-1. The Morgan fingerprint density at radius 1 is 1.36 bits per heavy atom. The van der Waals surface area contributed by atoms with E-state index in [1.807, 2.05) is 0 Å². The summed E-state index contributed by atoms with van der Waals surface area (Å²) in [4.78, 5) is 0. The van der Waals surface area contributed by atoms with Gasteiger partial charge in [-0.3, -0.25) is 0 Å². The average molecular weight is 204 g/mol. The first-order valence-electron chi connectivity index (χ1n) is 3.50. The van der Waals surface area contributed by atoms with Crippen LogP contribution in [0.5, 0.6) is 0 Å². The first-order chi connectivity index (χ1) is 4.77. The summed E-state index contributed by atoms with van der Waals surface area (Å²) in [7, 11) is 0. The molecule has 0 spiro atoms. The quantitative estimate of drug-likeness (QED) is 0.297. The van der Waals surface area contributed by atoms with Crippen LogP contribution in [0.3, 0.4) is 0 Å². The summed E-state index contributed by atoms with van der Waals surface area (Å²) in [6.07, 6.45) is 4.19. The second kappa shape index (κ2) is 11.7. The number of unbranched alkanes of at least 4 members (excludes halogenated alkanes) is 3. The van der Waals surface area contributed by atoms with Crippen LogP contribution >= 0.6 is 0 Å². The average Bonchev–Trinajstić information content (AvgIpc) is 1.87. The van der Waals surface area contributed by atoms with Gasteiger partial charge >= 0.3 is 51.4 Å². The Kier molecular flexibility index (Phi) is 16.2. The van der Waals surface area contributed by atoms with Gasteiger partial charge in [-0.25, -0.2) is 4.21 Å². The molecule has 0 aromatic heterocycles. The zero-order valence-corrected chi connectivity index (χ0v) is 11.1. The number of rotatable bonds is 6. The normalized spacial score (nSPS) is 12.2. The van der Waals surface area contributed by atoms with Crippen LogP contribution in [-0.4, -0.2) is 15.4 Å². The molecule has 3 nitrogen and oxygen atoms in total. The van der Waals surface area contributed by atoms with Crippen molar-refractivity contribution in [2.75, 3.05) is 6.61 Å². The maximum Gasteiger partial charge on any atom is 1.00 e. The second-order valence-electron chi connectivity index (χ2n) is 2.09. The minimum atomic E-state index is -2.32. The Morgan fingerprint density at radius 2 is 2.00 bits per heavy atom. The van der Waals surface area contributed by atoms with E-state index in [2.05, 4.69) is 11.1 Å². The van der Waals surface area contributed by atoms with Crippen molar-refractivity contribution in [3.63, 3.8) is 0 Å². The molecular weight excluding hydrogens is 191 g/mol. The molecule has 0 amide bonds. The Bertz CT molecular complexity index is 99.8. The van der Waals surface area contributed by atoms with E-state index in [-0.39, 0.29) is 51.4 Å². The Balaban J connectivity index is 0. The minimum Gasteiger partial charge on any atom is -0.750 e. The van der Waals surface area contributed by atoms with E-state index < -0.39 is 11.4 Å². The van der Waals surface area contributed by atoms with E-state index in [0.29, 0.717) is 6.61 Å². The van der Waals surface area contributed by atoms with Crippen LogP contribution in [0.15, 0.2) is 0 Å². The predicted molar refractivity (Wildman–Crippen MR) is 39.0 cm³/mol. The topological polar surface area (TPSA) is 49.4 Å². The van der Waals surface area contributed by atoms with Crippen molar-refractivity contribution in [3.8, 4) is 0 Å². The molecule has 0 aliphatic carbocycles. The summed E-state index contributed by atoms with van der Waals surface area (Å²) in [5.74, 6) is 0. The molecule has 0 radical (unpaired) electrons. The van der Waals surface area contributed by atoms with Crippen LogP contribution in [0, 0.1) is 0 Å². The van der Waals surface area contributed by atoms with Gasteiger partial charge in [-0.1, -0.05) is 26.2 Å². The van der Waals surface area contributed by atoms with Crippen LogP contribution < -0.4 is 51.4 Å². The Morgan fingerprint density at radius 3 is 2.45 bits per heavy atom. The van der Waals surface area contributed by atoms with Crippen LogP contribution in [0.4, 0.5) is 0 Å². The van der Waals surface area contributed by atoms with E-state index in [1.54, 1.807) is 0 Å². The molecule has 0 saturated carbocycles. The third-order valence-electron chi connectivity index (χ3n) is 1.18. The van der Waals surface area contributed by atoms with E-state index in [1.165, 1.54) is 0 Å². The van der Waals surface area contributed by atoms with Crippen molar-refractivity contribution in [3.05, 3.63) is 0 Å². The van der Waals surface area contributed by atoms with Gasteiger partial charge in [0.2, 0.25) is 0 Å². The predicted octanol–water partition coefficient (Wildman–Crippen LogP) is -1.62. The molecule has 0 N–H and O–H groups in total. The van der Waals surface area contributed by atoms with Crippen LogP contribution in [-0.2, 0) is 15.5 Å². The van der Waals surface area contributed by atoms with Gasteiger partial charge in [0, 0.05) is 0 Å². The third-order valence-corrected chi connectivity index (χ3v) is 1.54. The van der Waals surface area contributed by atoms with Gasteiger partial charge in [0.05, 0.1) is 18.0 Å². The fourth-order valence-corrected chi connectivity index (χ4v) is 0.910. The van der Waals surface area contributed by atoms with Crippen molar-refractivity contribution in [1.82, 2.24) is 0 Å². The molecule has 0 rings (SSSR count). The van der Waals surface area contributed by atoms with E-state index in [0.717, 1.165) is 25.7 Å². The van der Waals surface area contributed by atoms with Gasteiger partial charge in [-0.2, -0.15) is 0 Å². The maximum absolute atomic E-state index is 9.81. The van der Waals surface area contributed by atoms with E-state index in [9.17, 15) is 8.76 Å². The van der Waals surface area contributed by atoms with Gasteiger partial charge in [-0.05, 0) is 6.42 Å². The van der Waals surface area contributed by atoms with Gasteiger partial charge in [0.1, 0.15) is 0 Å². The summed E-state index contributed by atoms with van der Waals surface area (Å²) >= 11 is -2.32. The van der Waals surface area contributed by atoms with Gasteiger partial charge in [0.15, 0.2) is 0 Å². The molecule has 1 atom stereocenters. The SMILES string of the molecule is CCCCCCOS(=O)[O-].[K+]. The first-order valence-corrected chi connectivity index (χ1v) is 4.50. The third kappa shape index (κ3) is 14.5. The fourth-order valence-electron chi connectivity index (χ4n) is 0.656. The zero-order valence-electron chi connectivity index (χ0n) is 7.17. The minimum absolute atomic E-state index is 0. The summed E-state index contributed by atoms with van der Waals surface area (Å²) in [6.45, 7) is 2.43. The van der Waals surface area contributed by atoms with Crippen molar-refractivity contribution in [2.24, 2.45) is 0 Å². The number of hydrogen-bond donors (Lipinski definition) is 0. The molecule has 0 heterocycles. The molecule has 0 aliphatic heterocycles. The molecule has 1 unspecified atom stereocenters. The molecule has 0 aromatic rings. The molecule has 0 fully saturated rings. The fraction of sp³-hybridized carbons (Fsp3) is 1.00. The zero-order chi connectivity index (χ0) is 7.82. The summed E-state index contributed by atoms with van der Waals surface area (Å²) in [5.41, 5.74) is 0.